The molecule has 0 aliphatic carbocycles. The predicted molar refractivity (Wildman–Crippen MR) is 96.9 cm³/mol. The number of rotatable bonds is 4. The monoisotopic (exact) mass is 432 g/mol. The Morgan fingerprint density at radius 2 is 2.17 bits per heavy atom. The standard InChI is InChI=1S/C14H14BrClN4O3S/c1-20(24(2,21)22)12-8-5-6-23-11(8)4-3-10(12)18-13-9(15)7-17-14(16)19-13/h3-4,7H,5-6H2,1-2H3,(H,17,18,19). The number of benzene rings is 1. The summed E-state index contributed by atoms with van der Waals surface area (Å²) in [4.78, 5) is 8.00. The highest BCUT2D eigenvalue weighted by Gasteiger charge is 2.26. The van der Waals surface area contributed by atoms with E-state index < -0.39 is 10.0 Å². The Kier molecular flexibility index (Phi) is 4.58. The summed E-state index contributed by atoms with van der Waals surface area (Å²) in [5.74, 6) is 1.13. The maximum Gasteiger partial charge on any atom is 0.232 e. The van der Waals surface area contributed by atoms with E-state index in [1.54, 1.807) is 12.1 Å². The average molecular weight is 434 g/mol. The molecule has 10 heteroatoms. The van der Waals surface area contributed by atoms with Crippen molar-refractivity contribution in [1.29, 1.82) is 0 Å². The molecule has 1 N–H and O–H groups in total. The Morgan fingerprint density at radius 1 is 1.42 bits per heavy atom. The molecule has 1 aromatic heterocycles. The molecule has 1 aliphatic rings. The second-order valence-electron chi connectivity index (χ2n) is 5.23. The van der Waals surface area contributed by atoms with Crippen LogP contribution in [0.3, 0.4) is 0 Å². The molecule has 0 saturated carbocycles. The topological polar surface area (TPSA) is 84.4 Å². The predicted octanol–water partition coefficient (Wildman–Crippen LogP) is 2.97. The van der Waals surface area contributed by atoms with Crippen molar-refractivity contribution in [2.45, 2.75) is 6.42 Å². The van der Waals surface area contributed by atoms with Gasteiger partial charge in [0.2, 0.25) is 15.3 Å². The van der Waals surface area contributed by atoms with Gasteiger partial charge in [-0.3, -0.25) is 4.31 Å². The molecular formula is C14H14BrClN4O3S. The number of sulfonamides is 1. The number of hydrogen-bond donors (Lipinski definition) is 1. The van der Waals surface area contributed by atoms with E-state index in [1.807, 2.05) is 0 Å². The number of nitrogens with one attached hydrogen (secondary N) is 1. The minimum absolute atomic E-state index is 0.0863. The van der Waals surface area contributed by atoms with Crippen LogP contribution in [0.25, 0.3) is 0 Å². The van der Waals surface area contributed by atoms with E-state index >= 15 is 0 Å². The number of anilines is 3. The first kappa shape index (κ1) is 17.2. The summed E-state index contributed by atoms with van der Waals surface area (Å²) in [7, 11) is -1.93. The minimum atomic E-state index is -3.44. The van der Waals surface area contributed by atoms with Crippen molar-refractivity contribution in [2.24, 2.45) is 0 Å². The molecule has 0 radical (unpaired) electrons. The molecule has 3 rings (SSSR count). The lowest BCUT2D eigenvalue weighted by atomic mass is 10.1. The number of halogens is 2. The van der Waals surface area contributed by atoms with Gasteiger partial charge in [-0.1, -0.05) is 0 Å². The third-order valence-corrected chi connectivity index (χ3v) is 5.57. The Bertz CT molecular complexity index is 907. The van der Waals surface area contributed by atoms with Crippen LogP contribution in [-0.4, -0.2) is 38.3 Å². The maximum atomic E-state index is 12.1. The molecule has 0 spiro atoms. The SMILES string of the molecule is CN(c1c(Nc2nc(Cl)ncc2Br)ccc2c1CCO2)S(C)(=O)=O. The number of aromatic nitrogens is 2. The van der Waals surface area contributed by atoms with E-state index in [4.69, 9.17) is 16.3 Å². The Balaban J connectivity index is 2.13. The van der Waals surface area contributed by atoms with Crippen molar-refractivity contribution in [1.82, 2.24) is 9.97 Å². The summed E-state index contributed by atoms with van der Waals surface area (Å²) in [5, 5.41) is 3.21. The van der Waals surface area contributed by atoms with E-state index in [-0.39, 0.29) is 5.28 Å². The molecule has 0 amide bonds. The maximum absolute atomic E-state index is 12.1. The summed E-state index contributed by atoms with van der Waals surface area (Å²) in [6, 6.07) is 3.56. The molecule has 1 aromatic carbocycles. The van der Waals surface area contributed by atoms with Crippen LogP contribution in [0.5, 0.6) is 5.75 Å². The lowest BCUT2D eigenvalue weighted by molar-refractivity contribution is 0.357. The molecule has 0 unspecified atom stereocenters. The van der Waals surface area contributed by atoms with Gasteiger partial charge in [0.25, 0.3) is 0 Å². The average Bonchev–Trinajstić information content (AvgIpc) is 2.97. The summed E-state index contributed by atoms with van der Waals surface area (Å²) in [5.41, 5.74) is 1.96. The fourth-order valence-corrected chi connectivity index (χ4v) is 3.41. The van der Waals surface area contributed by atoms with Gasteiger partial charge in [-0.15, -0.1) is 0 Å². The van der Waals surface area contributed by atoms with Crippen molar-refractivity contribution < 1.29 is 13.2 Å². The first-order valence-corrected chi connectivity index (χ1v) is 9.97. The van der Waals surface area contributed by atoms with Gasteiger partial charge >= 0.3 is 0 Å². The van der Waals surface area contributed by atoms with Gasteiger partial charge in [0.1, 0.15) is 11.6 Å². The molecule has 2 heterocycles. The zero-order valence-electron chi connectivity index (χ0n) is 12.9. The van der Waals surface area contributed by atoms with Crippen LogP contribution >= 0.6 is 27.5 Å². The summed E-state index contributed by atoms with van der Waals surface area (Å²) in [6.07, 6.45) is 3.31. The lowest BCUT2D eigenvalue weighted by Gasteiger charge is -2.23. The summed E-state index contributed by atoms with van der Waals surface area (Å²) < 4.78 is 31.5. The summed E-state index contributed by atoms with van der Waals surface area (Å²) >= 11 is 9.19. The van der Waals surface area contributed by atoms with Gasteiger partial charge in [-0.2, -0.15) is 4.98 Å². The Hall–Kier alpha value is -1.58. The Morgan fingerprint density at radius 3 is 2.88 bits per heavy atom. The third-order valence-electron chi connectivity index (χ3n) is 3.63. The highest BCUT2D eigenvalue weighted by atomic mass is 79.9. The van der Waals surface area contributed by atoms with Gasteiger partial charge in [-0.25, -0.2) is 13.4 Å². The van der Waals surface area contributed by atoms with Crippen LogP contribution in [0.1, 0.15) is 5.56 Å². The zero-order chi connectivity index (χ0) is 17.5. The fourth-order valence-electron chi connectivity index (χ4n) is 2.44. The van der Waals surface area contributed by atoms with Crippen LogP contribution in [-0.2, 0) is 16.4 Å². The van der Waals surface area contributed by atoms with Crippen LogP contribution in [0.2, 0.25) is 5.28 Å². The van der Waals surface area contributed by atoms with Gasteiger partial charge in [0, 0.05) is 25.2 Å². The third kappa shape index (κ3) is 3.28. The normalized spacial score (nSPS) is 13.3. The van der Waals surface area contributed by atoms with Crippen LogP contribution < -0.4 is 14.4 Å². The van der Waals surface area contributed by atoms with Crippen molar-refractivity contribution in [3.63, 3.8) is 0 Å². The van der Waals surface area contributed by atoms with Crippen LogP contribution in [0.15, 0.2) is 22.8 Å². The first-order chi connectivity index (χ1) is 11.3. The molecule has 0 saturated heterocycles. The second kappa shape index (κ2) is 6.38. The molecular weight excluding hydrogens is 420 g/mol. The quantitative estimate of drug-likeness (QED) is 0.746. The highest BCUT2D eigenvalue weighted by molar-refractivity contribution is 9.10. The first-order valence-electron chi connectivity index (χ1n) is 6.95. The van der Waals surface area contributed by atoms with Crippen LogP contribution in [0.4, 0.5) is 17.2 Å². The van der Waals surface area contributed by atoms with Crippen molar-refractivity contribution in [3.8, 4) is 5.75 Å². The fraction of sp³-hybridized carbons (Fsp3) is 0.286. The van der Waals surface area contributed by atoms with Crippen molar-refractivity contribution in [3.05, 3.63) is 33.6 Å². The van der Waals surface area contributed by atoms with Crippen molar-refractivity contribution >= 4 is 54.7 Å². The lowest BCUT2D eigenvalue weighted by Crippen LogP contribution is -2.26. The van der Waals surface area contributed by atoms with Gasteiger partial charge in [-0.05, 0) is 39.7 Å². The van der Waals surface area contributed by atoms with Crippen LogP contribution in [0, 0.1) is 0 Å². The number of hydrogen-bond acceptors (Lipinski definition) is 6. The number of fused-ring (bicyclic) bond motifs is 1. The Labute approximate surface area is 153 Å². The molecule has 1 aliphatic heterocycles. The van der Waals surface area contributed by atoms with Gasteiger partial charge in [0.05, 0.1) is 28.7 Å². The molecule has 0 atom stereocenters. The second-order valence-corrected chi connectivity index (χ2v) is 8.43. The van der Waals surface area contributed by atoms with E-state index in [0.29, 0.717) is 40.4 Å². The zero-order valence-corrected chi connectivity index (χ0v) is 16.0. The molecule has 128 valence electrons. The minimum Gasteiger partial charge on any atom is -0.493 e. The number of nitrogens with zero attached hydrogens (tertiary/aromatic N) is 3. The number of ether oxygens (including phenoxy) is 1. The van der Waals surface area contributed by atoms with Crippen molar-refractivity contribution in [2.75, 3.05) is 29.5 Å². The molecule has 24 heavy (non-hydrogen) atoms. The van der Waals surface area contributed by atoms with Gasteiger partial charge < -0.3 is 10.1 Å². The summed E-state index contributed by atoms with van der Waals surface area (Å²) in [6.45, 7) is 0.520. The largest absolute Gasteiger partial charge is 0.493 e. The molecule has 2 aromatic rings. The molecule has 7 nitrogen and oxygen atoms in total. The van der Waals surface area contributed by atoms with E-state index in [1.165, 1.54) is 17.5 Å². The highest BCUT2D eigenvalue weighted by Crippen LogP contribution is 2.41. The van der Waals surface area contributed by atoms with E-state index in [2.05, 4.69) is 31.2 Å². The smallest absolute Gasteiger partial charge is 0.232 e. The van der Waals surface area contributed by atoms with E-state index in [9.17, 15) is 8.42 Å². The molecule has 0 fully saturated rings. The molecule has 0 bridgehead atoms. The van der Waals surface area contributed by atoms with Gasteiger partial charge in [0.15, 0.2) is 0 Å². The van der Waals surface area contributed by atoms with E-state index in [0.717, 1.165) is 11.8 Å².